The number of rotatable bonds is 2. The highest BCUT2D eigenvalue weighted by Gasteiger charge is 2.14. The van der Waals surface area contributed by atoms with Crippen LogP contribution in [0.4, 0.5) is 4.39 Å². The van der Waals surface area contributed by atoms with E-state index in [1.807, 2.05) is 30.3 Å². The highest BCUT2D eigenvalue weighted by Crippen LogP contribution is 2.27. The van der Waals surface area contributed by atoms with E-state index in [0.29, 0.717) is 16.0 Å². The minimum Gasteiger partial charge on any atom is -0.266 e. The van der Waals surface area contributed by atoms with Gasteiger partial charge in [-0.15, -0.1) is 10.2 Å². The van der Waals surface area contributed by atoms with E-state index in [1.54, 1.807) is 16.7 Å². The van der Waals surface area contributed by atoms with Gasteiger partial charge < -0.3 is 0 Å². The van der Waals surface area contributed by atoms with Crippen molar-refractivity contribution in [2.45, 2.75) is 0 Å². The number of aromatic nitrogens is 3. The smallest absolute Gasteiger partial charge is 0.229 e. The van der Waals surface area contributed by atoms with Gasteiger partial charge in [-0.2, -0.15) is 0 Å². The molecule has 3 nitrogen and oxygen atoms in total. The maximum absolute atomic E-state index is 13.3. The van der Waals surface area contributed by atoms with Crippen molar-refractivity contribution in [2.24, 2.45) is 0 Å². The molecule has 2 aromatic carbocycles. The second-order valence-electron chi connectivity index (χ2n) is 4.09. The van der Waals surface area contributed by atoms with E-state index in [1.165, 1.54) is 6.07 Å². The van der Waals surface area contributed by atoms with Gasteiger partial charge in [0, 0.05) is 5.56 Å². The number of hydrogen-bond donors (Lipinski definition) is 0. The van der Waals surface area contributed by atoms with Crippen molar-refractivity contribution >= 4 is 27.5 Å². The van der Waals surface area contributed by atoms with Gasteiger partial charge in [-0.1, -0.05) is 30.3 Å². The van der Waals surface area contributed by atoms with Crippen molar-refractivity contribution in [1.82, 2.24) is 14.8 Å². The van der Waals surface area contributed by atoms with E-state index in [2.05, 4.69) is 26.1 Å². The van der Waals surface area contributed by atoms with Crippen molar-refractivity contribution < 1.29 is 4.39 Å². The number of halogens is 3. The van der Waals surface area contributed by atoms with E-state index in [0.717, 1.165) is 5.56 Å². The Morgan fingerprint density at radius 3 is 2.50 bits per heavy atom. The topological polar surface area (TPSA) is 30.7 Å². The fourth-order valence-electron chi connectivity index (χ4n) is 1.89. The number of hydrogen-bond acceptors (Lipinski definition) is 2. The molecule has 100 valence electrons. The molecule has 0 aliphatic heterocycles. The summed E-state index contributed by atoms with van der Waals surface area (Å²) >= 11 is 9.27. The Labute approximate surface area is 128 Å². The van der Waals surface area contributed by atoms with Gasteiger partial charge in [0.05, 0.1) is 10.2 Å². The van der Waals surface area contributed by atoms with Crippen LogP contribution in [-0.4, -0.2) is 14.8 Å². The molecule has 0 amide bonds. The van der Waals surface area contributed by atoms with Gasteiger partial charge in [0.25, 0.3) is 0 Å². The summed E-state index contributed by atoms with van der Waals surface area (Å²) in [6.45, 7) is 0. The van der Waals surface area contributed by atoms with Gasteiger partial charge in [-0.25, -0.2) is 4.39 Å². The van der Waals surface area contributed by atoms with Gasteiger partial charge in [0.1, 0.15) is 5.82 Å². The van der Waals surface area contributed by atoms with Crippen LogP contribution in [0.25, 0.3) is 17.1 Å². The largest absolute Gasteiger partial charge is 0.266 e. The fourth-order valence-corrected chi connectivity index (χ4v) is 2.47. The summed E-state index contributed by atoms with van der Waals surface area (Å²) < 4.78 is 15.4. The molecule has 0 N–H and O–H groups in total. The van der Waals surface area contributed by atoms with Crippen LogP contribution in [0.5, 0.6) is 0 Å². The molecule has 20 heavy (non-hydrogen) atoms. The van der Waals surface area contributed by atoms with E-state index in [-0.39, 0.29) is 11.1 Å². The molecule has 1 aromatic heterocycles. The molecule has 0 fully saturated rings. The molecule has 0 radical (unpaired) electrons. The highest BCUT2D eigenvalue weighted by atomic mass is 79.9. The summed E-state index contributed by atoms with van der Waals surface area (Å²) in [6.07, 6.45) is 0. The first kappa shape index (κ1) is 13.3. The van der Waals surface area contributed by atoms with Gasteiger partial charge in [-0.3, -0.25) is 4.57 Å². The summed E-state index contributed by atoms with van der Waals surface area (Å²) in [5.41, 5.74) is 1.57. The van der Waals surface area contributed by atoms with Crippen molar-refractivity contribution in [1.29, 1.82) is 0 Å². The SMILES string of the molecule is Fc1ccc(-n2c(Cl)nnc2-c2ccccc2)cc1Br. The standard InChI is InChI=1S/C14H8BrClFN3/c15-11-8-10(6-7-12(11)17)20-13(18-19-14(20)16)9-4-2-1-3-5-9/h1-8H. The van der Waals surface area contributed by atoms with Gasteiger partial charge in [0.15, 0.2) is 5.82 Å². The Balaban J connectivity index is 2.19. The molecule has 0 saturated carbocycles. The maximum Gasteiger partial charge on any atom is 0.229 e. The third-order valence-electron chi connectivity index (χ3n) is 2.82. The molecule has 3 rings (SSSR count). The van der Waals surface area contributed by atoms with Crippen LogP contribution in [0.15, 0.2) is 53.0 Å². The quantitative estimate of drug-likeness (QED) is 0.680. The van der Waals surface area contributed by atoms with Gasteiger partial charge in [0.2, 0.25) is 5.28 Å². The lowest BCUT2D eigenvalue weighted by atomic mass is 10.2. The number of nitrogens with zero attached hydrogens (tertiary/aromatic N) is 3. The normalized spacial score (nSPS) is 10.8. The third kappa shape index (κ3) is 2.34. The molecular formula is C14H8BrClFN3. The molecule has 0 bridgehead atoms. The second kappa shape index (κ2) is 5.34. The average Bonchev–Trinajstić information content (AvgIpc) is 2.85. The minimum absolute atomic E-state index is 0.224. The van der Waals surface area contributed by atoms with E-state index in [9.17, 15) is 4.39 Å². The minimum atomic E-state index is -0.334. The van der Waals surface area contributed by atoms with Crippen LogP contribution in [0.1, 0.15) is 0 Å². The Kier molecular flexibility index (Phi) is 3.54. The van der Waals surface area contributed by atoms with Crippen LogP contribution in [0.3, 0.4) is 0 Å². The predicted molar refractivity (Wildman–Crippen MR) is 79.5 cm³/mol. The summed E-state index contributed by atoms with van der Waals surface area (Å²) in [5, 5.41) is 8.20. The zero-order chi connectivity index (χ0) is 14.1. The predicted octanol–water partition coefficient (Wildman–Crippen LogP) is 4.49. The summed E-state index contributed by atoms with van der Waals surface area (Å²) in [6, 6.07) is 14.2. The Morgan fingerprint density at radius 2 is 1.80 bits per heavy atom. The molecule has 0 unspecified atom stereocenters. The lowest BCUT2D eigenvalue weighted by Gasteiger charge is -2.08. The first-order valence-corrected chi connectivity index (χ1v) is 6.95. The molecule has 0 saturated heterocycles. The third-order valence-corrected chi connectivity index (χ3v) is 3.67. The van der Waals surface area contributed by atoms with Crippen molar-refractivity contribution in [3.05, 3.63) is 64.1 Å². The van der Waals surface area contributed by atoms with Crippen LogP contribution >= 0.6 is 27.5 Å². The summed E-state index contributed by atoms with van der Waals surface area (Å²) in [7, 11) is 0. The van der Waals surface area contributed by atoms with Gasteiger partial charge >= 0.3 is 0 Å². The Hall–Kier alpha value is -1.72. The van der Waals surface area contributed by atoms with Crippen LogP contribution in [-0.2, 0) is 0 Å². The van der Waals surface area contributed by atoms with Crippen LogP contribution < -0.4 is 0 Å². The van der Waals surface area contributed by atoms with E-state index in [4.69, 9.17) is 11.6 Å². The lowest BCUT2D eigenvalue weighted by molar-refractivity contribution is 0.620. The zero-order valence-corrected chi connectivity index (χ0v) is 12.4. The van der Waals surface area contributed by atoms with Crippen LogP contribution in [0, 0.1) is 5.82 Å². The molecule has 0 aliphatic carbocycles. The lowest BCUT2D eigenvalue weighted by Crippen LogP contribution is -1.98. The van der Waals surface area contributed by atoms with Crippen molar-refractivity contribution in [2.75, 3.05) is 0 Å². The second-order valence-corrected chi connectivity index (χ2v) is 5.28. The molecule has 0 aliphatic rings. The van der Waals surface area contributed by atoms with E-state index < -0.39 is 0 Å². The number of benzene rings is 2. The Bertz CT molecular complexity index is 758. The first-order chi connectivity index (χ1) is 9.66. The summed E-state index contributed by atoms with van der Waals surface area (Å²) in [5.74, 6) is 0.272. The highest BCUT2D eigenvalue weighted by molar-refractivity contribution is 9.10. The maximum atomic E-state index is 13.3. The van der Waals surface area contributed by atoms with E-state index >= 15 is 0 Å². The molecule has 3 aromatic rings. The monoisotopic (exact) mass is 351 g/mol. The molecule has 6 heteroatoms. The van der Waals surface area contributed by atoms with Gasteiger partial charge in [-0.05, 0) is 45.7 Å². The first-order valence-electron chi connectivity index (χ1n) is 5.78. The average molecular weight is 353 g/mol. The fraction of sp³-hybridized carbons (Fsp3) is 0. The summed E-state index contributed by atoms with van der Waals surface area (Å²) in [4.78, 5) is 0. The molecule has 1 heterocycles. The molecular weight excluding hydrogens is 345 g/mol. The molecule has 0 spiro atoms. The molecule has 0 atom stereocenters. The van der Waals surface area contributed by atoms with Crippen molar-refractivity contribution in [3.63, 3.8) is 0 Å². The van der Waals surface area contributed by atoms with Crippen molar-refractivity contribution in [3.8, 4) is 17.1 Å². The van der Waals surface area contributed by atoms with Crippen LogP contribution in [0.2, 0.25) is 5.28 Å². The Morgan fingerprint density at radius 1 is 1.05 bits per heavy atom. The zero-order valence-electron chi connectivity index (χ0n) is 10.1.